The van der Waals surface area contributed by atoms with Crippen LogP contribution in [0.5, 0.6) is 0 Å². The van der Waals surface area contributed by atoms with Crippen molar-refractivity contribution in [1.29, 1.82) is 0 Å². The summed E-state index contributed by atoms with van der Waals surface area (Å²) in [5, 5.41) is 11.3. The van der Waals surface area contributed by atoms with Crippen LogP contribution in [-0.2, 0) is 11.2 Å². The number of carbonyl (C=O) groups excluding carboxylic acids is 2. The maximum Gasteiger partial charge on any atom is 0.221 e. The minimum Gasteiger partial charge on any atom is -0.515 e. The zero-order valence-electron chi connectivity index (χ0n) is 10.1. The van der Waals surface area contributed by atoms with Crippen LogP contribution in [0.2, 0.25) is 5.02 Å². The highest BCUT2D eigenvalue weighted by Gasteiger charge is 2.29. The van der Waals surface area contributed by atoms with Gasteiger partial charge in [0.15, 0.2) is 5.78 Å². The van der Waals surface area contributed by atoms with E-state index in [0.29, 0.717) is 12.0 Å². The number of aliphatic hydroxyl groups excluding tert-OH is 1. The van der Waals surface area contributed by atoms with Crippen molar-refractivity contribution in [2.75, 3.05) is 5.32 Å². The Bertz CT molecular complexity index is 610. The number of allylic oxidation sites excluding steroid dienone is 1. The van der Waals surface area contributed by atoms with Gasteiger partial charge in [-0.2, -0.15) is 0 Å². The summed E-state index contributed by atoms with van der Waals surface area (Å²) < 4.78 is 13.7. The number of anilines is 1. The minimum absolute atomic E-state index is 0.0773. The van der Waals surface area contributed by atoms with Gasteiger partial charge in [-0.05, 0) is 24.5 Å². The molecule has 1 aromatic rings. The number of halogens is 2. The van der Waals surface area contributed by atoms with E-state index in [-0.39, 0.29) is 28.3 Å². The van der Waals surface area contributed by atoms with Crippen molar-refractivity contribution < 1.29 is 19.1 Å². The van der Waals surface area contributed by atoms with Crippen molar-refractivity contribution in [3.05, 3.63) is 39.9 Å². The maximum atomic E-state index is 13.7. The molecule has 0 aliphatic heterocycles. The van der Waals surface area contributed by atoms with Gasteiger partial charge < -0.3 is 10.4 Å². The van der Waals surface area contributed by atoms with Crippen LogP contribution in [0.3, 0.4) is 0 Å². The van der Waals surface area contributed by atoms with Gasteiger partial charge in [0.05, 0.1) is 22.5 Å². The first-order chi connectivity index (χ1) is 8.95. The van der Waals surface area contributed by atoms with Gasteiger partial charge in [0.2, 0.25) is 5.91 Å². The van der Waals surface area contributed by atoms with E-state index >= 15 is 0 Å². The molecule has 0 bridgehead atoms. The third-order valence-electron chi connectivity index (χ3n) is 2.95. The SMILES string of the molecule is CC(=O)Nc1cc(F)c(Cl)c2c1C(=O)/C(=C\O)CC2. The number of Topliss-reactive ketones (excluding diaryl/α,β-unsaturated/α-hetero) is 1. The number of amides is 1. The Morgan fingerprint density at radius 2 is 2.21 bits per heavy atom. The normalized spacial score (nSPS) is 16.4. The van der Waals surface area contributed by atoms with E-state index < -0.39 is 17.5 Å². The Morgan fingerprint density at radius 3 is 2.79 bits per heavy atom. The number of ketones is 1. The van der Waals surface area contributed by atoms with Crippen LogP contribution in [0.1, 0.15) is 29.3 Å². The van der Waals surface area contributed by atoms with Crippen LogP contribution in [0.4, 0.5) is 10.1 Å². The van der Waals surface area contributed by atoms with E-state index in [1.54, 1.807) is 0 Å². The van der Waals surface area contributed by atoms with E-state index in [9.17, 15) is 14.0 Å². The van der Waals surface area contributed by atoms with Crippen molar-refractivity contribution in [2.24, 2.45) is 0 Å². The molecule has 1 amide bonds. The fourth-order valence-electron chi connectivity index (χ4n) is 2.12. The molecule has 2 N–H and O–H groups in total. The molecule has 0 saturated carbocycles. The summed E-state index contributed by atoms with van der Waals surface area (Å²) in [5.41, 5.74) is 0.796. The highest BCUT2D eigenvalue weighted by Crippen LogP contribution is 2.36. The molecule has 6 heteroatoms. The Kier molecular flexibility index (Phi) is 3.57. The molecule has 0 spiro atoms. The van der Waals surface area contributed by atoms with Gasteiger partial charge in [0, 0.05) is 12.5 Å². The van der Waals surface area contributed by atoms with E-state index in [1.165, 1.54) is 6.92 Å². The van der Waals surface area contributed by atoms with E-state index in [2.05, 4.69) is 5.32 Å². The first-order valence-electron chi connectivity index (χ1n) is 5.62. The van der Waals surface area contributed by atoms with E-state index in [4.69, 9.17) is 16.7 Å². The van der Waals surface area contributed by atoms with Crippen LogP contribution in [0.15, 0.2) is 17.9 Å². The Labute approximate surface area is 113 Å². The number of aliphatic hydroxyl groups is 1. The smallest absolute Gasteiger partial charge is 0.221 e. The molecule has 2 rings (SSSR count). The average Bonchev–Trinajstić information content (AvgIpc) is 2.34. The summed E-state index contributed by atoms with van der Waals surface area (Å²) >= 11 is 5.85. The van der Waals surface area contributed by atoms with Crippen LogP contribution >= 0.6 is 11.6 Å². The summed E-state index contributed by atoms with van der Waals surface area (Å²) in [4.78, 5) is 23.3. The first kappa shape index (κ1) is 13.5. The highest BCUT2D eigenvalue weighted by molar-refractivity contribution is 6.33. The van der Waals surface area contributed by atoms with Gasteiger partial charge in [0.25, 0.3) is 0 Å². The minimum atomic E-state index is -0.687. The molecule has 0 atom stereocenters. The predicted octanol–water partition coefficient (Wildman–Crippen LogP) is 3.01. The third kappa shape index (κ3) is 2.33. The molecule has 0 fully saturated rings. The van der Waals surface area contributed by atoms with Gasteiger partial charge >= 0.3 is 0 Å². The van der Waals surface area contributed by atoms with Crippen molar-refractivity contribution >= 4 is 29.0 Å². The monoisotopic (exact) mass is 283 g/mol. The molecule has 0 heterocycles. The lowest BCUT2D eigenvalue weighted by Crippen LogP contribution is -2.20. The summed E-state index contributed by atoms with van der Waals surface area (Å²) in [6.45, 7) is 1.26. The van der Waals surface area contributed by atoms with Gasteiger partial charge in [-0.25, -0.2) is 4.39 Å². The molecule has 100 valence electrons. The van der Waals surface area contributed by atoms with Crippen LogP contribution in [0.25, 0.3) is 0 Å². The second-order valence-corrected chi connectivity index (χ2v) is 4.62. The van der Waals surface area contributed by atoms with Gasteiger partial charge in [-0.1, -0.05) is 11.6 Å². The zero-order valence-corrected chi connectivity index (χ0v) is 10.8. The number of nitrogens with one attached hydrogen (secondary N) is 1. The van der Waals surface area contributed by atoms with E-state index in [1.807, 2.05) is 0 Å². The van der Waals surface area contributed by atoms with Crippen molar-refractivity contribution in [1.82, 2.24) is 0 Å². The fraction of sp³-hybridized carbons (Fsp3) is 0.231. The highest BCUT2D eigenvalue weighted by atomic mass is 35.5. The van der Waals surface area contributed by atoms with Crippen LogP contribution < -0.4 is 5.32 Å². The average molecular weight is 284 g/mol. The van der Waals surface area contributed by atoms with Crippen LogP contribution in [0, 0.1) is 5.82 Å². The lowest BCUT2D eigenvalue weighted by atomic mass is 9.86. The molecular formula is C13H11ClFNO3. The fourth-order valence-corrected chi connectivity index (χ4v) is 2.36. The predicted molar refractivity (Wildman–Crippen MR) is 69.1 cm³/mol. The molecule has 19 heavy (non-hydrogen) atoms. The zero-order chi connectivity index (χ0) is 14.2. The van der Waals surface area contributed by atoms with Crippen molar-refractivity contribution in [3.8, 4) is 0 Å². The Hall–Kier alpha value is -1.88. The molecule has 1 aliphatic carbocycles. The number of fused-ring (bicyclic) bond motifs is 1. The molecule has 4 nitrogen and oxygen atoms in total. The number of carbonyl (C=O) groups is 2. The quantitative estimate of drug-likeness (QED) is 0.615. The second-order valence-electron chi connectivity index (χ2n) is 4.24. The standard InChI is InChI=1S/C13H11ClFNO3/c1-6(18)16-10-4-9(15)12(14)8-3-2-7(5-17)13(19)11(8)10/h4-5,17H,2-3H2,1H3,(H,16,18)/b7-5-. The van der Waals surface area contributed by atoms with E-state index in [0.717, 1.165) is 12.3 Å². The lowest BCUT2D eigenvalue weighted by molar-refractivity contribution is -0.114. The molecule has 1 aromatic carbocycles. The molecule has 0 aromatic heterocycles. The maximum absolute atomic E-state index is 13.7. The van der Waals surface area contributed by atoms with Gasteiger partial charge in [0.1, 0.15) is 5.82 Å². The number of hydrogen-bond acceptors (Lipinski definition) is 3. The largest absolute Gasteiger partial charge is 0.515 e. The molecule has 1 aliphatic rings. The Morgan fingerprint density at radius 1 is 1.53 bits per heavy atom. The Balaban J connectivity index is 2.67. The summed E-state index contributed by atoms with van der Waals surface area (Å²) in [6.07, 6.45) is 1.35. The molecule has 0 saturated heterocycles. The molecule has 0 radical (unpaired) electrons. The van der Waals surface area contributed by atoms with Crippen molar-refractivity contribution in [3.63, 3.8) is 0 Å². The van der Waals surface area contributed by atoms with Crippen LogP contribution in [-0.4, -0.2) is 16.8 Å². The second kappa shape index (κ2) is 5.01. The topological polar surface area (TPSA) is 66.4 Å². The number of rotatable bonds is 1. The summed E-state index contributed by atoms with van der Waals surface area (Å²) in [6, 6.07) is 1.01. The summed E-state index contributed by atoms with van der Waals surface area (Å²) in [7, 11) is 0. The lowest BCUT2D eigenvalue weighted by Gasteiger charge is -2.21. The molecular weight excluding hydrogens is 273 g/mol. The summed E-state index contributed by atoms with van der Waals surface area (Å²) in [5.74, 6) is -1.56. The van der Waals surface area contributed by atoms with Crippen molar-refractivity contribution in [2.45, 2.75) is 19.8 Å². The van der Waals surface area contributed by atoms with Gasteiger partial charge in [-0.15, -0.1) is 0 Å². The van der Waals surface area contributed by atoms with Gasteiger partial charge in [-0.3, -0.25) is 9.59 Å². The number of benzene rings is 1. The number of hydrogen-bond donors (Lipinski definition) is 2. The first-order valence-corrected chi connectivity index (χ1v) is 6.00. The molecule has 0 unspecified atom stereocenters. The third-order valence-corrected chi connectivity index (χ3v) is 3.36.